The maximum absolute atomic E-state index is 12.3. The molecule has 0 radical (unpaired) electrons. The molecule has 0 aromatic heterocycles. The van der Waals surface area contributed by atoms with Crippen molar-refractivity contribution in [3.63, 3.8) is 0 Å². The van der Waals surface area contributed by atoms with Crippen LogP contribution < -0.4 is 19.6 Å². The average molecular weight is 455 g/mol. The van der Waals surface area contributed by atoms with Crippen LogP contribution in [0.1, 0.15) is 18.1 Å². The number of rotatable bonds is 9. The molecule has 0 unspecified atom stereocenters. The quantitative estimate of drug-likeness (QED) is 0.268. The van der Waals surface area contributed by atoms with Crippen molar-refractivity contribution in [3.05, 3.63) is 53.6 Å². The molecule has 0 saturated carbocycles. The number of ether oxygens (including phenoxy) is 3. The fourth-order valence-electron chi connectivity index (χ4n) is 3.58. The van der Waals surface area contributed by atoms with Gasteiger partial charge in [-0.25, -0.2) is 5.43 Å². The zero-order valence-electron chi connectivity index (χ0n) is 19.2. The van der Waals surface area contributed by atoms with Crippen LogP contribution >= 0.6 is 0 Å². The van der Waals surface area contributed by atoms with Crippen molar-refractivity contribution in [2.45, 2.75) is 13.5 Å². The highest BCUT2D eigenvalue weighted by molar-refractivity contribution is 5.85. The van der Waals surface area contributed by atoms with E-state index in [1.807, 2.05) is 6.07 Å². The number of benzene rings is 2. The summed E-state index contributed by atoms with van der Waals surface area (Å²) in [6.07, 6.45) is 1.48. The predicted molar refractivity (Wildman–Crippen MR) is 125 cm³/mol. The fraction of sp³-hybridized carbons (Fsp3) is 0.375. The number of carbonyl (C=O) groups excluding carboxylic acids is 2. The summed E-state index contributed by atoms with van der Waals surface area (Å²) >= 11 is 0. The Morgan fingerprint density at radius 1 is 1.00 bits per heavy atom. The number of amides is 1. The van der Waals surface area contributed by atoms with Crippen LogP contribution in [0.15, 0.2) is 47.6 Å². The van der Waals surface area contributed by atoms with E-state index in [2.05, 4.69) is 44.6 Å². The molecule has 176 valence electrons. The van der Waals surface area contributed by atoms with Gasteiger partial charge in [0.05, 0.1) is 27.0 Å². The summed E-state index contributed by atoms with van der Waals surface area (Å²) in [5.74, 6) is 0.177. The Bertz CT molecular complexity index is 947. The summed E-state index contributed by atoms with van der Waals surface area (Å²) in [7, 11) is 2.92. The molecule has 1 heterocycles. The molecule has 9 nitrogen and oxygen atoms in total. The first-order valence-electron chi connectivity index (χ1n) is 10.7. The Morgan fingerprint density at radius 2 is 1.61 bits per heavy atom. The fourth-order valence-corrected chi connectivity index (χ4v) is 3.58. The normalized spacial score (nSPS) is 14.8. The molecular weight excluding hydrogens is 424 g/mol. The standard InChI is InChI=1S/C24H30N4O5/c1-18(29)33-24-21(31-2)13-20(14-22(24)32-3)15-25-26-23(30)17-28-11-9-27(10-12-28)16-19-7-5-4-6-8-19/h4-8,13-15H,9-12,16-17H2,1-3H3,(H,26,30)/b25-15+. The van der Waals surface area contributed by atoms with Crippen LogP contribution in [0.25, 0.3) is 0 Å². The maximum Gasteiger partial charge on any atom is 0.308 e. The molecule has 0 bridgehead atoms. The molecule has 1 amide bonds. The maximum atomic E-state index is 12.3. The monoisotopic (exact) mass is 454 g/mol. The number of methoxy groups -OCH3 is 2. The minimum Gasteiger partial charge on any atom is -0.493 e. The number of hydrogen-bond acceptors (Lipinski definition) is 8. The van der Waals surface area contributed by atoms with Crippen molar-refractivity contribution in [3.8, 4) is 17.2 Å². The Morgan fingerprint density at radius 3 is 2.18 bits per heavy atom. The largest absolute Gasteiger partial charge is 0.493 e. The molecule has 0 atom stereocenters. The SMILES string of the molecule is COc1cc(/C=N/NC(=O)CN2CCN(Cc3ccccc3)CC2)cc(OC)c1OC(C)=O. The van der Waals surface area contributed by atoms with E-state index in [0.717, 1.165) is 32.7 Å². The van der Waals surface area contributed by atoms with E-state index in [4.69, 9.17) is 14.2 Å². The molecule has 3 rings (SSSR count). The highest BCUT2D eigenvalue weighted by atomic mass is 16.6. The van der Waals surface area contributed by atoms with E-state index in [1.165, 1.54) is 32.9 Å². The van der Waals surface area contributed by atoms with Crippen LogP contribution in [0.4, 0.5) is 0 Å². The third-order valence-corrected chi connectivity index (χ3v) is 5.21. The van der Waals surface area contributed by atoms with Crippen molar-refractivity contribution < 1.29 is 23.8 Å². The summed E-state index contributed by atoms with van der Waals surface area (Å²) in [4.78, 5) is 28.1. The van der Waals surface area contributed by atoms with Gasteiger partial charge in [-0.2, -0.15) is 5.10 Å². The highest BCUT2D eigenvalue weighted by Crippen LogP contribution is 2.38. The summed E-state index contributed by atoms with van der Waals surface area (Å²) in [5, 5.41) is 4.04. The van der Waals surface area contributed by atoms with Gasteiger partial charge in [-0.15, -0.1) is 0 Å². The van der Waals surface area contributed by atoms with E-state index < -0.39 is 5.97 Å². The summed E-state index contributed by atoms with van der Waals surface area (Å²) < 4.78 is 15.7. The second kappa shape index (κ2) is 12.0. The number of hydrazone groups is 1. The van der Waals surface area contributed by atoms with Crippen molar-refractivity contribution in [2.75, 3.05) is 46.9 Å². The third kappa shape index (κ3) is 7.30. The van der Waals surface area contributed by atoms with Crippen molar-refractivity contribution in [2.24, 2.45) is 5.10 Å². The first-order chi connectivity index (χ1) is 16.0. The first kappa shape index (κ1) is 24.2. The first-order valence-corrected chi connectivity index (χ1v) is 10.7. The Hall–Kier alpha value is -3.43. The molecule has 2 aromatic carbocycles. The van der Waals surface area contributed by atoms with Gasteiger partial charge in [0.15, 0.2) is 11.5 Å². The van der Waals surface area contributed by atoms with Gasteiger partial charge in [-0.1, -0.05) is 30.3 Å². The van der Waals surface area contributed by atoms with Crippen molar-refractivity contribution in [1.29, 1.82) is 0 Å². The van der Waals surface area contributed by atoms with Crippen LogP contribution in [0.2, 0.25) is 0 Å². The molecule has 0 aliphatic carbocycles. The summed E-state index contributed by atoms with van der Waals surface area (Å²) in [6.45, 7) is 6.00. The molecule has 0 spiro atoms. The van der Waals surface area contributed by atoms with Crippen LogP contribution in [-0.4, -0.2) is 74.8 Å². The van der Waals surface area contributed by atoms with Gasteiger partial charge in [0.1, 0.15) is 0 Å². The van der Waals surface area contributed by atoms with Crippen LogP contribution in [0, 0.1) is 0 Å². The Balaban J connectivity index is 1.48. The van der Waals surface area contributed by atoms with Crippen molar-refractivity contribution in [1.82, 2.24) is 15.2 Å². The molecule has 1 fully saturated rings. The van der Waals surface area contributed by atoms with Crippen LogP contribution in [0.3, 0.4) is 0 Å². The van der Waals surface area contributed by atoms with Gasteiger partial charge >= 0.3 is 5.97 Å². The molecule has 1 N–H and O–H groups in total. The topological polar surface area (TPSA) is 92.7 Å². The lowest BCUT2D eigenvalue weighted by Crippen LogP contribution is -2.48. The van der Waals surface area contributed by atoms with E-state index in [0.29, 0.717) is 17.1 Å². The number of nitrogens with zero attached hydrogens (tertiary/aromatic N) is 3. The zero-order valence-corrected chi connectivity index (χ0v) is 19.2. The van der Waals surface area contributed by atoms with Crippen molar-refractivity contribution >= 4 is 18.1 Å². The number of nitrogens with one attached hydrogen (secondary N) is 1. The van der Waals surface area contributed by atoms with Gasteiger partial charge in [0.25, 0.3) is 5.91 Å². The smallest absolute Gasteiger partial charge is 0.308 e. The van der Waals surface area contributed by atoms with E-state index in [1.54, 1.807) is 12.1 Å². The molecule has 2 aromatic rings. The summed E-state index contributed by atoms with van der Waals surface area (Å²) in [5.41, 5.74) is 4.48. The van der Waals surface area contributed by atoms with Gasteiger partial charge in [0, 0.05) is 45.2 Å². The highest BCUT2D eigenvalue weighted by Gasteiger charge is 2.19. The Labute approximate surface area is 193 Å². The average Bonchev–Trinajstić information content (AvgIpc) is 2.81. The summed E-state index contributed by atoms with van der Waals surface area (Å²) in [6, 6.07) is 13.7. The van der Waals surface area contributed by atoms with Crippen LogP contribution in [0.5, 0.6) is 17.2 Å². The van der Waals surface area contributed by atoms with E-state index >= 15 is 0 Å². The molecule has 33 heavy (non-hydrogen) atoms. The van der Waals surface area contributed by atoms with Crippen LogP contribution in [-0.2, 0) is 16.1 Å². The van der Waals surface area contributed by atoms with Gasteiger partial charge < -0.3 is 14.2 Å². The number of esters is 1. The van der Waals surface area contributed by atoms with Gasteiger partial charge in [0.2, 0.25) is 5.75 Å². The third-order valence-electron chi connectivity index (χ3n) is 5.21. The lowest BCUT2D eigenvalue weighted by atomic mass is 10.2. The molecule has 1 saturated heterocycles. The second-order valence-corrected chi connectivity index (χ2v) is 7.68. The molecule has 9 heteroatoms. The lowest BCUT2D eigenvalue weighted by Gasteiger charge is -2.34. The number of piperazine rings is 1. The number of hydrogen-bond donors (Lipinski definition) is 1. The minimum absolute atomic E-state index is 0.182. The molecular formula is C24H30N4O5. The number of carbonyl (C=O) groups is 2. The molecule has 1 aliphatic rings. The lowest BCUT2D eigenvalue weighted by molar-refractivity contribution is -0.132. The molecule has 1 aliphatic heterocycles. The van der Waals surface area contributed by atoms with Gasteiger partial charge in [-0.05, 0) is 17.7 Å². The van der Waals surface area contributed by atoms with Gasteiger partial charge in [-0.3, -0.25) is 19.4 Å². The second-order valence-electron chi connectivity index (χ2n) is 7.68. The van der Waals surface area contributed by atoms with E-state index in [9.17, 15) is 9.59 Å². The predicted octanol–water partition coefficient (Wildman–Crippen LogP) is 1.90. The minimum atomic E-state index is -0.485. The van der Waals surface area contributed by atoms with E-state index in [-0.39, 0.29) is 18.2 Å². The Kier molecular flexibility index (Phi) is 8.79. The zero-order chi connectivity index (χ0) is 23.6.